The molecule has 0 aliphatic heterocycles. The summed E-state index contributed by atoms with van der Waals surface area (Å²) >= 11 is 2.13. The molecule has 6 nitrogen and oxygen atoms in total. The average Bonchev–Trinajstić information content (AvgIpc) is 3.07. The van der Waals surface area contributed by atoms with Crippen molar-refractivity contribution in [2.45, 2.75) is 0 Å². The summed E-state index contributed by atoms with van der Waals surface area (Å²) in [6.45, 7) is 0. The molecule has 0 radical (unpaired) electrons. The standard InChI is InChI=1S/C18H11FIN3O3/c1-26-17-7-12(20)4-5-15(17)23-16(8-14(22-23)18(24)25)10-2-3-11(9-21)13(19)6-10/h2-8H,1H3,(H,24,25). The molecule has 0 aliphatic rings. The van der Waals surface area contributed by atoms with E-state index in [1.165, 1.54) is 30.0 Å². The normalized spacial score (nSPS) is 10.4. The van der Waals surface area contributed by atoms with E-state index >= 15 is 0 Å². The Morgan fingerprint density at radius 1 is 1.31 bits per heavy atom. The Kier molecular flexibility index (Phi) is 4.90. The van der Waals surface area contributed by atoms with Crippen LogP contribution in [0.1, 0.15) is 16.1 Å². The first-order valence-electron chi connectivity index (χ1n) is 7.32. The molecule has 0 unspecified atom stereocenters. The molecule has 1 N–H and O–H groups in total. The quantitative estimate of drug-likeness (QED) is 0.594. The van der Waals surface area contributed by atoms with Gasteiger partial charge in [-0.2, -0.15) is 10.4 Å². The van der Waals surface area contributed by atoms with Crippen molar-refractivity contribution in [3.05, 3.63) is 63.1 Å². The summed E-state index contributed by atoms with van der Waals surface area (Å²) in [7, 11) is 1.50. The van der Waals surface area contributed by atoms with E-state index < -0.39 is 11.8 Å². The second-order valence-corrected chi connectivity index (χ2v) is 6.50. The summed E-state index contributed by atoms with van der Waals surface area (Å²) in [4.78, 5) is 11.4. The Labute approximate surface area is 161 Å². The van der Waals surface area contributed by atoms with Crippen LogP contribution in [0.15, 0.2) is 42.5 Å². The maximum Gasteiger partial charge on any atom is 0.356 e. The second-order valence-electron chi connectivity index (χ2n) is 5.25. The number of halogens is 2. The van der Waals surface area contributed by atoms with Gasteiger partial charge >= 0.3 is 5.97 Å². The van der Waals surface area contributed by atoms with Crippen LogP contribution in [0.5, 0.6) is 5.75 Å². The third kappa shape index (κ3) is 3.25. The van der Waals surface area contributed by atoms with Crippen LogP contribution in [0, 0.1) is 20.7 Å². The number of hydrogen-bond acceptors (Lipinski definition) is 4. The molecule has 26 heavy (non-hydrogen) atoms. The number of nitrogens with zero attached hydrogens (tertiary/aromatic N) is 3. The van der Waals surface area contributed by atoms with Gasteiger partial charge < -0.3 is 9.84 Å². The predicted octanol–water partition coefficient (Wildman–Crippen LogP) is 3.86. The number of rotatable bonds is 4. The zero-order valence-corrected chi connectivity index (χ0v) is 15.6. The minimum absolute atomic E-state index is 0.0925. The third-order valence-corrected chi connectivity index (χ3v) is 4.35. The van der Waals surface area contributed by atoms with Gasteiger partial charge in [-0.05, 0) is 59.0 Å². The Morgan fingerprint density at radius 2 is 2.08 bits per heavy atom. The van der Waals surface area contributed by atoms with Crippen molar-refractivity contribution in [2.24, 2.45) is 0 Å². The summed E-state index contributed by atoms with van der Waals surface area (Å²) in [5.74, 6) is -1.40. The molecule has 8 heteroatoms. The fourth-order valence-electron chi connectivity index (χ4n) is 2.47. The van der Waals surface area contributed by atoms with Crippen LogP contribution in [0.4, 0.5) is 4.39 Å². The van der Waals surface area contributed by atoms with Gasteiger partial charge in [0, 0.05) is 9.13 Å². The second kappa shape index (κ2) is 7.13. The molecule has 0 aliphatic carbocycles. The number of hydrogen-bond donors (Lipinski definition) is 1. The van der Waals surface area contributed by atoms with Crippen LogP contribution in [0.25, 0.3) is 16.9 Å². The van der Waals surface area contributed by atoms with E-state index in [1.807, 2.05) is 6.07 Å². The smallest absolute Gasteiger partial charge is 0.356 e. The molecule has 0 saturated carbocycles. The summed E-state index contributed by atoms with van der Waals surface area (Å²) in [6.07, 6.45) is 0. The molecule has 0 bridgehead atoms. The fourth-order valence-corrected chi connectivity index (χ4v) is 2.93. The van der Waals surface area contributed by atoms with E-state index in [0.29, 0.717) is 22.7 Å². The highest BCUT2D eigenvalue weighted by Gasteiger charge is 2.19. The van der Waals surface area contributed by atoms with Gasteiger partial charge in [0.1, 0.15) is 23.3 Å². The van der Waals surface area contributed by atoms with Crippen LogP contribution in [0.2, 0.25) is 0 Å². The van der Waals surface area contributed by atoms with Crippen molar-refractivity contribution in [1.29, 1.82) is 5.26 Å². The molecule has 0 atom stereocenters. The van der Waals surface area contributed by atoms with Crippen molar-refractivity contribution in [2.75, 3.05) is 7.11 Å². The first-order chi connectivity index (χ1) is 12.4. The summed E-state index contributed by atoms with van der Waals surface area (Å²) < 4.78 is 21.7. The maximum atomic E-state index is 14.0. The molecule has 0 amide bonds. The van der Waals surface area contributed by atoms with E-state index in [-0.39, 0.29) is 11.3 Å². The molecule has 0 saturated heterocycles. The lowest BCUT2D eigenvalue weighted by Gasteiger charge is -2.12. The number of carboxylic acid groups (broad SMARTS) is 1. The Balaban J connectivity index is 2.25. The van der Waals surface area contributed by atoms with Gasteiger partial charge in [0.25, 0.3) is 0 Å². The highest BCUT2D eigenvalue weighted by molar-refractivity contribution is 14.1. The molecule has 130 valence electrons. The minimum Gasteiger partial charge on any atom is -0.494 e. The van der Waals surface area contributed by atoms with E-state index in [0.717, 1.165) is 3.57 Å². The monoisotopic (exact) mass is 463 g/mol. The first kappa shape index (κ1) is 17.9. The van der Waals surface area contributed by atoms with Gasteiger partial charge in [-0.15, -0.1) is 0 Å². The maximum absolute atomic E-state index is 14.0. The summed E-state index contributed by atoms with van der Waals surface area (Å²) in [5, 5.41) is 22.3. The highest BCUT2D eigenvalue weighted by Crippen LogP contribution is 2.31. The van der Waals surface area contributed by atoms with Gasteiger partial charge in [0.05, 0.1) is 18.4 Å². The Morgan fingerprint density at radius 3 is 2.69 bits per heavy atom. The highest BCUT2D eigenvalue weighted by atomic mass is 127. The van der Waals surface area contributed by atoms with Crippen LogP contribution < -0.4 is 4.74 Å². The van der Waals surface area contributed by atoms with Gasteiger partial charge in [0.2, 0.25) is 0 Å². The van der Waals surface area contributed by atoms with Gasteiger partial charge in [-0.3, -0.25) is 0 Å². The molecule has 3 rings (SSSR count). The van der Waals surface area contributed by atoms with Gasteiger partial charge in [-0.1, -0.05) is 6.07 Å². The zero-order valence-electron chi connectivity index (χ0n) is 13.4. The number of aromatic nitrogens is 2. The Hall–Kier alpha value is -2.93. The summed E-state index contributed by atoms with van der Waals surface area (Å²) in [6, 6.07) is 12.5. The average molecular weight is 463 g/mol. The molecule has 2 aromatic carbocycles. The fraction of sp³-hybridized carbons (Fsp3) is 0.0556. The van der Waals surface area contributed by atoms with Crippen molar-refractivity contribution < 1.29 is 19.0 Å². The van der Waals surface area contributed by atoms with Gasteiger partial charge in [-0.25, -0.2) is 13.9 Å². The molecule has 1 aromatic heterocycles. The van der Waals surface area contributed by atoms with E-state index in [9.17, 15) is 14.3 Å². The van der Waals surface area contributed by atoms with Crippen molar-refractivity contribution in [3.8, 4) is 28.8 Å². The molecule has 0 fully saturated rings. The van der Waals surface area contributed by atoms with Crippen molar-refractivity contribution in [1.82, 2.24) is 9.78 Å². The lowest BCUT2D eigenvalue weighted by atomic mass is 10.1. The number of nitriles is 1. The number of carbonyl (C=O) groups is 1. The number of carboxylic acids is 1. The van der Waals surface area contributed by atoms with Crippen LogP contribution in [0.3, 0.4) is 0 Å². The molecule has 0 spiro atoms. The minimum atomic E-state index is -1.21. The number of methoxy groups -OCH3 is 1. The van der Waals surface area contributed by atoms with Crippen LogP contribution in [-0.4, -0.2) is 28.0 Å². The van der Waals surface area contributed by atoms with E-state index in [2.05, 4.69) is 27.7 Å². The molecular weight excluding hydrogens is 452 g/mol. The summed E-state index contributed by atoms with van der Waals surface area (Å²) in [5.41, 5.74) is 0.989. The van der Waals surface area contributed by atoms with Crippen molar-refractivity contribution >= 4 is 28.6 Å². The Bertz CT molecular complexity index is 1060. The number of benzene rings is 2. The predicted molar refractivity (Wildman–Crippen MR) is 99.9 cm³/mol. The number of ether oxygens (including phenoxy) is 1. The lowest BCUT2D eigenvalue weighted by molar-refractivity contribution is 0.0690. The largest absolute Gasteiger partial charge is 0.494 e. The van der Waals surface area contributed by atoms with Crippen LogP contribution >= 0.6 is 22.6 Å². The molecule has 3 aromatic rings. The molecule has 1 heterocycles. The van der Waals surface area contributed by atoms with E-state index in [1.54, 1.807) is 24.3 Å². The first-order valence-corrected chi connectivity index (χ1v) is 8.39. The number of aromatic carboxylic acids is 1. The topological polar surface area (TPSA) is 88.1 Å². The van der Waals surface area contributed by atoms with E-state index in [4.69, 9.17) is 10.00 Å². The lowest BCUT2D eigenvalue weighted by Crippen LogP contribution is -2.04. The third-order valence-electron chi connectivity index (χ3n) is 3.68. The van der Waals surface area contributed by atoms with Crippen molar-refractivity contribution in [3.63, 3.8) is 0 Å². The zero-order chi connectivity index (χ0) is 18.8. The molecular formula is C18H11FIN3O3. The van der Waals surface area contributed by atoms with Crippen LogP contribution in [-0.2, 0) is 0 Å². The SMILES string of the molecule is COc1cc(I)ccc1-n1nc(C(=O)O)cc1-c1ccc(C#N)c(F)c1. The van der Waals surface area contributed by atoms with Gasteiger partial charge in [0.15, 0.2) is 5.69 Å².